The number of hydrogen-bond acceptors (Lipinski definition) is 6. The van der Waals surface area contributed by atoms with Crippen molar-refractivity contribution in [2.75, 3.05) is 42.3 Å². The number of aromatic nitrogens is 3. The first-order chi connectivity index (χ1) is 9.61. The Labute approximate surface area is 121 Å². The van der Waals surface area contributed by atoms with Crippen molar-refractivity contribution in [3.63, 3.8) is 0 Å². The summed E-state index contributed by atoms with van der Waals surface area (Å²) in [5, 5.41) is 3.20. The standard InChI is InChI=1S/C14H26N6/c1-5-15-12-16-13(19(3)4)18-14(17-12)20-10-8-6-7-9-11(20)2/h11H,5-10H2,1-4H3,(H,15,16,17,18). The fraction of sp³-hybridized carbons (Fsp3) is 0.786. The maximum Gasteiger partial charge on any atom is 0.232 e. The molecule has 0 saturated carbocycles. The molecule has 2 heterocycles. The second-order valence-corrected chi connectivity index (χ2v) is 5.58. The minimum atomic E-state index is 0.490. The highest BCUT2D eigenvalue weighted by Gasteiger charge is 2.21. The quantitative estimate of drug-likeness (QED) is 0.910. The van der Waals surface area contributed by atoms with Gasteiger partial charge in [-0.05, 0) is 26.7 Å². The smallest absolute Gasteiger partial charge is 0.232 e. The van der Waals surface area contributed by atoms with Crippen LogP contribution in [0.3, 0.4) is 0 Å². The van der Waals surface area contributed by atoms with E-state index < -0.39 is 0 Å². The molecule has 2 rings (SSSR count). The summed E-state index contributed by atoms with van der Waals surface area (Å²) in [6, 6.07) is 0.490. The minimum Gasteiger partial charge on any atom is -0.354 e. The highest BCUT2D eigenvalue weighted by Crippen LogP contribution is 2.23. The molecule has 20 heavy (non-hydrogen) atoms. The van der Waals surface area contributed by atoms with Crippen LogP contribution in [0.5, 0.6) is 0 Å². The normalized spacial score (nSPS) is 19.6. The Morgan fingerprint density at radius 2 is 2.00 bits per heavy atom. The van der Waals surface area contributed by atoms with E-state index in [-0.39, 0.29) is 0 Å². The zero-order valence-corrected chi connectivity index (χ0v) is 13.1. The van der Waals surface area contributed by atoms with Gasteiger partial charge in [-0.3, -0.25) is 0 Å². The van der Waals surface area contributed by atoms with Gasteiger partial charge in [-0.15, -0.1) is 0 Å². The summed E-state index contributed by atoms with van der Waals surface area (Å²) in [5.74, 6) is 2.18. The van der Waals surface area contributed by atoms with E-state index in [1.807, 2.05) is 25.9 Å². The molecule has 1 unspecified atom stereocenters. The Morgan fingerprint density at radius 1 is 1.20 bits per heavy atom. The van der Waals surface area contributed by atoms with Gasteiger partial charge >= 0.3 is 0 Å². The molecule has 0 spiro atoms. The maximum atomic E-state index is 4.62. The molecule has 1 aromatic rings. The van der Waals surface area contributed by atoms with Crippen LogP contribution in [0.1, 0.15) is 39.5 Å². The molecule has 1 saturated heterocycles. The van der Waals surface area contributed by atoms with Gasteiger partial charge in [0.1, 0.15) is 0 Å². The van der Waals surface area contributed by atoms with Crippen LogP contribution in [0.2, 0.25) is 0 Å². The van der Waals surface area contributed by atoms with Gasteiger partial charge in [-0.2, -0.15) is 15.0 Å². The molecule has 1 aliphatic rings. The van der Waals surface area contributed by atoms with Crippen LogP contribution in [0.25, 0.3) is 0 Å². The number of nitrogens with zero attached hydrogens (tertiary/aromatic N) is 5. The number of hydrogen-bond donors (Lipinski definition) is 1. The third-order valence-electron chi connectivity index (χ3n) is 3.66. The van der Waals surface area contributed by atoms with Gasteiger partial charge < -0.3 is 15.1 Å². The monoisotopic (exact) mass is 278 g/mol. The van der Waals surface area contributed by atoms with E-state index in [1.165, 1.54) is 25.7 Å². The van der Waals surface area contributed by atoms with Crippen molar-refractivity contribution >= 4 is 17.8 Å². The van der Waals surface area contributed by atoms with Crippen molar-refractivity contribution in [3.05, 3.63) is 0 Å². The van der Waals surface area contributed by atoms with Crippen LogP contribution in [-0.4, -0.2) is 48.2 Å². The van der Waals surface area contributed by atoms with Gasteiger partial charge in [0.2, 0.25) is 17.8 Å². The highest BCUT2D eigenvalue weighted by atomic mass is 15.4. The Kier molecular flexibility index (Phi) is 4.98. The molecule has 6 heteroatoms. The molecular formula is C14H26N6. The number of rotatable bonds is 4. The minimum absolute atomic E-state index is 0.490. The summed E-state index contributed by atoms with van der Waals surface area (Å²) in [6.07, 6.45) is 5.01. The fourth-order valence-corrected chi connectivity index (χ4v) is 2.49. The molecule has 6 nitrogen and oxygen atoms in total. The first-order valence-corrected chi connectivity index (χ1v) is 7.55. The molecule has 1 N–H and O–H groups in total. The predicted molar refractivity (Wildman–Crippen MR) is 83.6 cm³/mol. The molecule has 112 valence electrons. The first kappa shape index (κ1) is 14.8. The van der Waals surface area contributed by atoms with E-state index in [2.05, 4.69) is 32.1 Å². The van der Waals surface area contributed by atoms with Gasteiger partial charge in [0.25, 0.3) is 0 Å². The summed E-state index contributed by atoms with van der Waals surface area (Å²) in [7, 11) is 3.92. The van der Waals surface area contributed by atoms with Crippen LogP contribution < -0.4 is 15.1 Å². The predicted octanol–water partition coefficient (Wildman–Crippen LogP) is 2.14. The van der Waals surface area contributed by atoms with Crippen molar-refractivity contribution in [1.82, 2.24) is 15.0 Å². The van der Waals surface area contributed by atoms with Crippen LogP contribution in [0.15, 0.2) is 0 Å². The van der Waals surface area contributed by atoms with Gasteiger partial charge in [0.15, 0.2) is 0 Å². The lowest BCUT2D eigenvalue weighted by molar-refractivity contribution is 0.604. The van der Waals surface area contributed by atoms with Crippen LogP contribution in [0, 0.1) is 0 Å². The van der Waals surface area contributed by atoms with E-state index in [9.17, 15) is 0 Å². The van der Waals surface area contributed by atoms with Crippen LogP contribution in [0.4, 0.5) is 17.8 Å². The lowest BCUT2D eigenvalue weighted by atomic mass is 10.1. The maximum absolute atomic E-state index is 4.62. The average Bonchev–Trinajstić information content (AvgIpc) is 2.63. The number of nitrogens with one attached hydrogen (secondary N) is 1. The van der Waals surface area contributed by atoms with Crippen molar-refractivity contribution in [3.8, 4) is 0 Å². The lowest BCUT2D eigenvalue weighted by Crippen LogP contribution is -2.34. The van der Waals surface area contributed by atoms with Crippen molar-refractivity contribution in [2.24, 2.45) is 0 Å². The Hall–Kier alpha value is -1.59. The molecule has 1 fully saturated rings. The van der Waals surface area contributed by atoms with Gasteiger partial charge in [0.05, 0.1) is 0 Å². The Bertz CT molecular complexity index is 434. The summed E-state index contributed by atoms with van der Waals surface area (Å²) in [4.78, 5) is 17.9. The molecule has 0 bridgehead atoms. The molecule has 1 atom stereocenters. The SMILES string of the molecule is CCNc1nc(N(C)C)nc(N2CCCCCC2C)n1. The first-order valence-electron chi connectivity index (χ1n) is 7.55. The van der Waals surface area contributed by atoms with E-state index in [0.717, 1.165) is 19.0 Å². The lowest BCUT2D eigenvalue weighted by Gasteiger charge is -2.28. The molecule has 0 amide bonds. The van der Waals surface area contributed by atoms with E-state index >= 15 is 0 Å². The van der Waals surface area contributed by atoms with Crippen molar-refractivity contribution < 1.29 is 0 Å². The zero-order valence-electron chi connectivity index (χ0n) is 13.1. The third-order valence-corrected chi connectivity index (χ3v) is 3.66. The van der Waals surface area contributed by atoms with Gasteiger partial charge in [0, 0.05) is 33.2 Å². The van der Waals surface area contributed by atoms with Crippen LogP contribution >= 0.6 is 0 Å². The zero-order chi connectivity index (χ0) is 14.5. The molecule has 0 radical (unpaired) electrons. The van der Waals surface area contributed by atoms with E-state index in [0.29, 0.717) is 17.9 Å². The molecule has 0 aliphatic carbocycles. The number of anilines is 3. The molecule has 0 aromatic carbocycles. The van der Waals surface area contributed by atoms with Crippen molar-refractivity contribution in [1.29, 1.82) is 0 Å². The van der Waals surface area contributed by atoms with Gasteiger partial charge in [-0.1, -0.05) is 12.8 Å². The third kappa shape index (κ3) is 3.49. The summed E-state index contributed by atoms with van der Waals surface area (Å²) < 4.78 is 0. The molecule has 1 aromatic heterocycles. The summed E-state index contributed by atoms with van der Waals surface area (Å²) in [6.45, 7) is 6.15. The summed E-state index contributed by atoms with van der Waals surface area (Å²) in [5.41, 5.74) is 0. The average molecular weight is 278 g/mol. The molecule has 1 aliphatic heterocycles. The van der Waals surface area contributed by atoms with Crippen molar-refractivity contribution in [2.45, 2.75) is 45.6 Å². The Morgan fingerprint density at radius 3 is 2.70 bits per heavy atom. The second-order valence-electron chi connectivity index (χ2n) is 5.58. The second kappa shape index (κ2) is 6.72. The van der Waals surface area contributed by atoms with E-state index in [1.54, 1.807) is 0 Å². The fourth-order valence-electron chi connectivity index (χ4n) is 2.49. The highest BCUT2D eigenvalue weighted by molar-refractivity contribution is 5.45. The topological polar surface area (TPSA) is 57.2 Å². The largest absolute Gasteiger partial charge is 0.354 e. The molecular weight excluding hydrogens is 252 g/mol. The van der Waals surface area contributed by atoms with Gasteiger partial charge in [-0.25, -0.2) is 0 Å². The van der Waals surface area contributed by atoms with Crippen LogP contribution in [-0.2, 0) is 0 Å². The van der Waals surface area contributed by atoms with E-state index in [4.69, 9.17) is 0 Å². The Balaban J connectivity index is 2.32. The summed E-state index contributed by atoms with van der Waals surface area (Å²) >= 11 is 0.